The number of fused-ring (bicyclic) bond motifs is 3. The van der Waals surface area contributed by atoms with E-state index in [2.05, 4.69) is 15.0 Å². The molecule has 3 N–H and O–H groups in total. The quantitative estimate of drug-likeness (QED) is 0.238. The normalized spacial score (nSPS) is 9.88. The summed E-state index contributed by atoms with van der Waals surface area (Å²) in [5, 5.41) is 30.8. The van der Waals surface area contributed by atoms with Gasteiger partial charge in [-0.25, -0.2) is 0 Å². The van der Waals surface area contributed by atoms with Crippen LogP contribution in [0, 0.1) is 0 Å². The molecule has 0 saturated heterocycles. The van der Waals surface area contributed by atoms with E-state index >= 15 is 0 Å². The Bertz CT molecular complexity index is 1330. The van der Waals surface area contributed by atoms with Crippen LogP contribution >= 0.6 is 0 Å². The van der Waals surface area contributed by atoms with Gasteiger partial charge < -0.3 is 15.3 Å². The van der Waals surface area contributed by atoms with Crippen LogP contribution in [-0.4, -0.2) is 50.1 Å². The van der Waals surface area contributed by atoms with Gasteiger partial charge >= 0.3 is 0 Å². The zero-order valence-corrected chi connectivity index (χ0v) is 20.6. The number of hydrogen-bond donors (Lipinski definition) is 3. The molecule has 3 aromatic heterocycles. The molecule has 0 amide bonds. The van der Waals surface area contributed by atoms with Crippen LogP contribution in [0.4, 0.5) is 0 Å². The van der Waals surface area contributed by atoms with Crippen molar-refractivity contribution in [2.75, 3.05) is 0 Å². The number of aromatic nitrogens is 3. The molecule has 0 atom stereocenters. The van der Waals surface area contributed by atoms with Crippen LogP contribution in [0.2, 0.25) is 0 Å². The third-order valence-corrected chi connectivity index (χ3v) is 4.83. The smallest absolute Gasteiger partial charge is 0.141 e. The van der Waals surface area contributed by atoms with Gasteiger partial charge in [0.2, 0.25) is 0 Å². The molecular weight excluding hydrogens is 484 g/mol. The summed E-state index contributed by atoms with van der Waals surface area (Å²) >= 11 is 0. The number of nitrogens with zero attached hydrogens (tertiary/aromatic N) is 3. The Balaban J connectivity index is 0.000000141. The van der Waals surface area contributed by atoms with Crippen molar-refractivity contribution in [1.82, 2.24) is 15.0 Å². The number of pyridine rings is 3. The van der Waals surface area contributed by atoms with Crippen LogP contribution in [0.5, 0.6) is 17.2 Å². The fourth-order valence-corrected chi connectivity index (χ4v) is 3.26. The van der Waals surface area contributed by atoms with Crippen molar-refractivity contribution in [2.24, 2.45) is 0 Å². The van der Waals surface area contributed by atoms with Gasteiger partial charge in [-0.1, -0.05) is 54.6 Å². The molecule has 6 nitrogen and oxygen atoms in total. The third kappa shape index (κ3) is 5.83. The summed E-state index contributed by atoms with van der Waals surface area (Å²) in [6, 6.07) is 27.4. The molecule has 3 aromatic carbocycles. The summed E-state index contributed by atoms with van der Waals surface area (Å²) in [4.78, 5) is 12.1. The van der Waals surface area contributed by atoms with E-state index in [1.54, 1.807) is 55.0 Å². The molecule has 0 unspecified atom stereocenters. The van der Waals surface area contributed by atoms with E-state index in [4.69, 9.17) is 0 Å². The fraction of sp³-hybridized carbons (Fsp3) is 0. The van der Waals surface area contributed by atoms with E-state index in [1.807, 2.05) is 54.6 Å². The van der Waals surface area contributed by atoms with E-state index in [-0.39, 0.29) is 37.0 Å². The number of phenolic OH excluding ortho intramolecular Hbond substituents is 3. The maximum absolute atomic E-state index is 9.31. The summed E-state index contributed by atoms with van der Waals surface area (Å²) in [5.41, 5.74) is 1.99. The van der Waals surface area contributed by atoms with Gasteiger partial charge in [-0.15, -0.1) is 0 Å². The molecule has 0 aliphatic rings. The number of phenols is 3. The van der Waals surface area contributed by atoms with E-state index in [0.717, 1.165) is 16.2 Å². The van der Waals surface area contributed by atoms with Crippen LogP contribution in [0.25, 0.3) is 32.7 Å². The SMILES string of the molecule is Oc1cccc2cccnc12.Oc1cccc2cccnc12.Oc1cccc2cccnc12.[Ga]. The number of rotatable bonds is 0. The van der Waals surface area contributed by atoms with Crippen LogP contribution in [0.3, 0.4) is 0 Å². The average Bonchev–Trinajstić information content (AvgIpc) is 2.86. The van der Waals surface area contributed by atoms with E-state index < -0.39 is 0 Å². The Morgan fingerprint density at radius 1 is 0.382 bits per heavy atom. The molecule has 0 fully saturated rings. The Morgan fingerprint density at radius 2 is 0.647 bits per heavy atom. The summed E-state index contributed by atoms with van der Waals surface area (Å²) in [5.74, 6) is 0.717. The molecule has 0 saturated carbocycles. The maximum atomic E-state index is 9.31. The van der Waals surface area contributed by atoms with Gasteiger partial charge in [-0.2, -0.15) is 0 Å². The van der Waals surface area contributed by atoms with Gasteiger partial charge in [-0.3, -0.25) is 15.0 Å². The Labute approximate surface area is 209 Å². The number of aromatic hydroxyl groups is 3. The molecule has 0 aliphatic heterocycles. The second kappa shape index (κ2) is 11.7. The first-order chi connectivity index (χ1) is 16.1. The maximum Gasteiger partial charge on any atom is 0.141 e. The van der Waals surface area contributed by atoms with Crippen molar-refractivity contribution >= 4 is 52.5 Å². The van der Waals surface area contributed by atoms with E-state index in [9.17, 15) is 15.3 Å². The molecule has 6 rings (SSSR count). The van der Waals surface area contributed by atoms with Crippen molar-refractivity contribution < 1.29 is 15.3 Å². The first-order valence-electron chi connectivity index (χ1n) is 10.2. The van der Waals surface area contributed by atoms with Gasteiger partial charge in [0.05, 0.1) is 0 Å². The average molecular weight is 505 g/mol. The number of hydrogen-bond acceptors (Lipinski definition) is 6. The molecule has 6 aromatic rings. The van der Waals surface area contributed by atoms with Gasteiger partial charge in [0.25, 0.3) is 0 Å². The predicted octanol–water partition coefficient (Wildman–Crippen LogP) is 5.44. The summed E-state index contributed by atoms with van der Waals surface area (Å²) in [6.07, 6.45) is 5.01. The Hall–Kier alpha value is -4.07. The van der Waals surface area contributed by atoms with Crippen molar-refractivity contribution in [3.63, 3.8) is 0 Å². The first-order valence-corrected chi connectivity index (χ1v) is 10.2. The topological polar surface area (TPSA) is 99.4 Å². The molecule has 0 aliphatic carbocycles. The molecular formula is C27H21GaN3O3. The summed E-state index contributed by atoms with van der Waals surface area (Å²) in [6.45, 7) is 0. The van der Waals surface area contributed by atoms with Crippen LogP contribution in [0.1, 0.15) is 0 Å². The fourth-order valence-electron chi connectivity index (χ4n) is 3.26. The molecule has 3 radical (unpaired) electrons. The standard InChI is InChI=1S/3C9H7NO.Ga/c3*11-8-5-1-3-7-4-2-6-10-9(7)8;/h3*1-6,11H;. The minimum Gasteiger partial charge on any atom is -0.506 e. The third-order valence-electron chi connectivity index (χ3n) is 4.83. The van der Waals surface area contributed by atoms with Crippen LogP contribution < -0.4 is 0 Å². The van der Waals surface area contributed by atoms with Gasteiger partial charge in [0, 0.05) is 54.5 Å². The second-order valence-electron chi connectivity index (χ2n) is 7.06. The summed E-state index contributed by atoms with van der Waals surface area (Å²) in [7, 11) is 0. The molecule has 7 heteroatoms. The minimum atomic E-state index is 0. The molecule has 34 heavy (non-hydrogen) atoms. The monoisotopic (exact) mass is 504 g/mol. The first kappa shape index (κ1) is 24.6. The van der Waals surface area contributed by atoms with Crippen LogP contribution in [0.15, 0.2) is 110 Å². The zero-order chi connectivity index (χ0) is 23.0. The minimum absolute atomic E-state index is 0. The van der Waals surface area contributed by atoms with Crippen molar-refractivity contribution in [1.29, 1.82) is 0 Å². The Kier molecular flexibility index (Phi) is 8.45. The van der Waals surface area contributed by atoms with Gasteiger partial charge in [0.15, 0.2) is 0 Å². The molecule has 165 valence electrons. The number of benzene rings is 3. The van der Waals surface area contributed by atoms with E-state index in [0.29, 0.717) is 16.6 Å². The van der Waals surface area contributed by atoms with Gasteiger partial charge in [-0.05, 0) is 36.4 Å². The van der Waals surface area contributed by atoms with Crippen molar-refractivity contribution in [3.05, 3.63) is 110 Å². The Morgan fingerprint density at radius 3 is 0.912 bits per heavy atom. The zero-order valence-electron chi connectivity index (χ0n) is 18.2. The van der Waals surface area contributed by atoms with Crippen molar-refractivity contribution in [3.8, 4) is 17.2 Å². The summed E-state index contributed by atoms with van der Waals surface area (Å²) < 4.78 is 0. The molecule has 0 bridgehead atoms. The largest absolute Gasteiger partial charge is 0.506 e. The molecule has 0 spiro atoms. The second-order valence-corrected chi connectivity index (χ2v) is 7.06. The van der Waals surface area contributed by atoms with E-state index in [1.165, 1.54) is 0 Å². The number of para-hydroxylation sites is 3. The van der Waals surface area contributed by atoms with Crippen molar-refractivity contribution in [2.45, 2.75) is 0 Å². The predicted molar refractivity (Wildman–Crippen MR) is 136 cm³/mol. The van der Waals surface area contributed by atoms with Crippen LogP contribution in [-0.2, 0) is 0 Å². The molecule has 3 heterocycles. The van der Waals surface area contributed by atoms with Gasteiger partial charge in [0.1, 0.15) is 33.8 Å².